The van der Waals surface area contributed by atoms with Crippen LogP contribution in [0.25, 0.3) is 0 Å². The average Bonchev–Trinajstić information content (AvgIpc) is 2.40. The van der Waals surface area contributed by atoms with Crippen LogP contribution in [-0.4, -0.2) is 10.9 Å². The van der Waals surface area contributed by atoms with Crippen LogP contribution in [0.1, 0.15) is 15.9 Å². The number of halogens is 3. The molecule has 0 aliphatic heterocycles. The van der Waals surface area contributed by atoms with E-state index in [0.717, 1.165) is 6.07 Å². The molecule has 0 aromatic heterocycles. The minimum absolute atomic E-state index is 0.00845. The van der Waals surface area contributed by atoms with E-state index in [-0.39, 0.29) is 26.3 Å². The maximum atomic E-state index is 13.7. The highest BCUT2D eigenvalue weighted by Crippen LogP contribution is 2.26. The summed E-state index contributed by atoms with van der Waals surface area (Å²) in [5.41, 5.74) is 6.07. The van der Waals surface area contributed by atoms with Gasteiger partial charge in [0.05, 0.1) is 21.3 Å². The number of nitrogens with two attached hydrogens (primary N) is 1. The number of hydrogen-bond acceptors (Lipinski definition) is 2. The Bertz CT molecular complexity index is 717. The number of rotatable bonds is 3. The zero-order chi connectivity index (χ0) is 15.6. The molecule has 0 aliphatic rings. The van der Waals surface area contributed by atoms with E-state index in [1.54, 1.807) is 6.07 Å². The van der Waals surface area contributed by atoms with Crippen LogP contribution >= 0.6 is 35.4 Å². The lowest BCUT2D eigenvalue weighted by Crippen LogP contribution is -2.16. The molecule has 0 saturated heterocycles. The molecule has 21 heavy (non-hydrogen) atoms. The van der Waals surface area contributed by atoms with Crippen molar-refractivity contribution < 1.29 is 9.18 Å². The second-order valence-electron chi connectivity index (χ2n) is 4.11. The molecule has 0 spiro atoms. The first-order valence-electron chi connectivity index (χ1n) is 5.75. The van der Waals surface area contributed by atoms with E-state index in [2.05, 4.69) is 5.32 Å². The van der Waals surface area contributed by atoms with E-state index in [4.69, 9.17) is 41.2 Å². The van der Waals surface area contributed by atoms with Crippen LogP contribution in [0.4, 0.5) is 10.1 Å². The number of hydrogen-bond donors (Lipinski definition) is 2. The fraction of sp³-hybridized carbons (Fsp3) is 0. The lowest BCUT2D eigenvalue weighted by molar-refractivity contribution is 0.102. The van der Waals surface area contributed by atoms with Gasteiger partial charge in [-0.2, -0.15) is 0 Å². The van der Waals surface area contributed by atoms with E-state index < -0.39 is 11.7 Å². The standard InChI is InChI=1S/C14H9Cl2FN2OS/c15-8-5-4-7(13(18)21)6-11(8)19-14(20)12-9(16)2-1-3-10(12)17/h1-6H,(H2,18,21)(H,19,20). The third-order valence-corrected chi connectivity index (χ3v) is 3.57. The first-order valence-corrected chi connectivity index (χ1v) is 6.91. The van der Waals surface area contributed by atoms with Crippen LogP contribution in [0.5, 0.6) is 0 Å². The van der Waals surface area contributed by atoms with Gasteiger partial charge in [0.15, 0.2) is 0 Å². The topological polar surface area (TPSA) is 55.1 Å². The Kier molecular flexibility index (Phi) is 4.77. The first-order chi connectivity index (χ1) is 9.90. The summed E-state index contributed by atoms with van der Waals surface area (Å²) in [6.45, 7) is 0. The van der Waals surface area contributed by atoms with Gasteiger partial charge in [-0.05, 0) is 24.3 Å². The molecule has 108 valence electrons. The van der Waals surface area contributed by atoms with E-state index in [0.29, 0.717) is 5.56 Å². The van der Waals surface area contributed by atoms with Crippen LogP contribution in [-0.2, 0) is 0 Å². The van der Waals surface area contributed by atoms with Gasteiger partial charge in [0.1, 0.15) is 10.8 Å². The highest BCUT2D eigenvalue weighted by molar-refractivity contribution is 7.80. The van der Waals surface area contributed by atoms with Crippen molar-refractivity contribution >= 4 is 52.0 Å². The Morgan fingerprint density at radius 1 is 1.19 bits per heavy atom. The molecular formula is C14H9Cl2FN2OS. The molecule has 0 radical (unpaired) electrons. The molecule has 3 N–H and O–H groups in total. The van der Waals surface area contributed by atoms with Crippen molar-refractivity contribution in [3.8, 4) is 0 Å². The Labute approximate surface area is 135 Å². The summed E-state index contributed by atoms with van der Waals surface area (Å²) >= 11 is 16.7. The summed E-state index contributed by atoms with van der Waals surface area (Å²) in [5.74, 6) is -1.43. The van der Waals surface area contributed by atoms with Crippen molar-refractivity contribution in [2.45, 2.75) is 0 Å². The van der Waals surface area contributed by atoms with Crippen LogP contribution in [0.15, 0.2) is 36.4 Å². The van der Waals surface area contributed by atoms with Crippen LogP contribution in [0.3, 0.4) is 0 Å². The summed E-state index contributed by atoms with van der Waals surface area (Å²) in [6.07, 6.45) is 0. The van der Waals surface area contributed by atoms with E-state index in [1.165, 1.54) is 24.3 Å². The van der Waals surface area contributed by atoms with Gasteiger partial charge in [-0.1, -0.05) is 47.6 Å². The Morgan fingerprint density at radius 2 is 1.90 bits per heavy atom. The van der Waals surface area contributed by atoms with Gasteiger partial charge in [-0.3, -0.25) is 4.79 Å². The Hall–Kier alpha value is -1.69. The van der Waals surface area contributed by atoms with Gasteiger partial charge in [0.2, 0.25) is 0 Å². The predicted octanol–water partition coefficient (Wildman–Crippen LogP) is 4.02. The van der Waals surface area contributed by atoms with Crippen LogP contribution < -0.4 is 11.1 Å². The number of carbonyl (C=O) groups excluding carboxylic acids is 1. The summed E-state index contributed by atoms with van der Waals surface area (Å²) in [7, 11) is 0. The van der Waals surface area contributed by atoms with E-state index >= 15 is 0 Å². The number of benzene rings is 2. The maximum absolute atomic E-state index is 13.7. The van der Waals surface area contributed by atoms with Gasteiger partial charge in [0.25, 0.3) is 5.91 Å². The Balaban J connectivity index is 2.36. The summed E-state index contributed by atoms with van der Waals surface area (Å²) in [5, 5.41) is 2.78. The van der Waals surface area contributed by atoms with Crippen molar-refractivity contribution in [3.63, 3.8) is 0 Å². The molecule has 0 unspecified atom stereocenters. The number of nitrogens with one attached hydrogen (secondary N) is 1. The largest absolute Gasteiger partial charge is 0.389 e. The van der Waals surface area contributed by atoms with E-state index in [9.17, 15) is 9.18 Å². The number of carbonyl (C=O) groups is 1. The fourth-order valence-electron chi connectivity index (χ4n) is 1.67. The Morgan fingerprint density at radius 3 is 2.52 bits per heavy atom. The lowest BCUT2D eigenvalue weighted by Gasteiger charge is -2.10. The van der Waals surface area contributed by atoms with Gasteiger partial charge in [-0.15, -0.1) is 0 Å². The molecule has 0 atom stereocenters. The van der Waals surface area contributed by atoms with E-state index in [1.807, 2.05) is 0 Å². The minimum atomic E-state index is -0.721. The monoisotopic (exact) mass is 342 g/mol. The van der Waals surface area contributed by atoms with Crippen molar-refractivity contribution in [1.29, 1.82) is 0 Å². The molecule has 2 aromatic rings. The molecule has 2 aromatic carbocycles. The van der Waals surface area contributed by atoms with Crippen molar-refractivity contribution in [2.24, 2.45) is 5.73 Å². The van der Waals surface area contributed by atoms with Gasteiger partial charge in [-0.25, -0.2) is 4.39 Å². The number of anilines is 1. The molecule has 3 nitrogen and oxygen atoms in total. The van der Waals surface area contributed by atoms with Gasteiger partial charge >= 0.3 is 0 Å². The van der Waals surface area contributed by atoms with Gasteiger partial charge in [0, 0.05) is 5.56 Å². The summed E-state index contributed by atoms with van der Waals surface area (Å²) in [6, 6.07) is 8.65. The molecule has 0 bridgehead atoms. The van der Waals surface area contributed by atoms with Crippen molar-refractivity contribution in [3.05, 3.63) is 63.4 Å². The molecule has 1 amide bonds. The highest BCUT2D eigenvalue weighted by atomic mass is 35.5. The smallest absolute Gasteiger partial charge is 0.260 e. The minimum Gasteiger partial charge on any atom is -0.389 e. The quantitative estimate of drug-likeness (QED) is 0.828. The highest BCUT2D eigenvalue weighted by Gasteiger charge is 2.17. The second-order valence-corrected chi connectivity index (χ2v) is 5.36. The molecule has 0 heterocycles. The lowest BCUT2D eigenvalue weighted by atomic mass is 10.1. The normalized spacial score (nSPS) is 10.2. The van der Waals surface area contributed by atoms with Crippen molar-refractivity contribution in [1.82, 2.24) is 0 Å². The zero-order valence-corrected chi connectivity index (χ0v) is 12.8. The molecule has 0 saturated carbocycles. The number of thiocarbonyl (C=S) groups is 1. The molecule has 7 heteroatoms. The SMILES string of the molecule is NC(=S)c1ccc(Cl)c(NC(=O)c2c(F)cccc2Cl)c1. The van der Waals surface area contributed by atoms with Crippen LogP contribution in [0, 0.1) is 5.82 Å². The fourth-order valence-corrected chi connectivity index (χ4v) is 2.21. The maximum Gasteiger partial charge on any atom is 0.260 e. The summed E-state index contributed by atoms with van der Waals surface area (Å²) < 4.78 is 13.7. The van der Waals surface area contributed by atoms with Crippen LogP contribution in [0.2, 0.25) is 10.0 Å². The average molecular weight is 343 g/mol. The molecule has 2 rings (SSSR count). The second kappa shape index (κ2) is 6.39. The zero-order valence-electron chi connectivity index (χ0n) is 10.5. The van der Waals surface area contributed by atoms with Crippen molar-refractivity contribution in [2.75, 3.05) is 5.32 Å². The predicted molar refractivity (Wildman–Crippen MR) is 86.7 cm³/mol. The van der Waals surface area contributed by atoms with Gasteiger partial charge < -0.3 is 11.1 Å². The third kappa shape index (κ3) is 3.50. The molecular weight excluding hydrogens is 334 g/mol. The molecule has 0 fully saturated rings. The first kappa shape index (κ1) is 15.7. The number of amides is 1. The summed E-state index contributed by atoms with van der Waals surface area (Å²) in [4.78, 5) is 12.3. The third-order valence-electron chi connectivity index (χ3n) is 2.69. The molecule has 0 aliphatic carbocycles.